The van der Waals surface area contributed by atoms with Crippen molar-refractivity contribution < 1.29 is 9.18 Å². The number of hydrogen-bond acceptors (Lipinski definition) is 2. The van der Waals surface area contributed by atoms with Crippen molar-refractivity contribution in [1.82, 2.24) is 0 Å². The summed E-state index contributed by atoms with van der Waals surface area (Å²) >= 11 is 0. The number of aryl methyl sites for hydroxylation is 1. The maximum absolute atomic E-state index is 13.1. The summed E-state index contributed by atoms with van der Waals surface area (Å²) in [6.45, 7) is 2.47. The minimum atomic E-state index is -0.444. The lowest BCUT2D eigenvalue weighted by Crippen LogP contribution is -2.10. The summed E-state index contributed by atoms with van der Waals surface area (Å²) in [6.07, 6.45) is 0. The van der Waals surface area contributed by atoms with E-state index in [1.807, 2.05) is 19.1 Å². The molecular weight excluding hydrogens is 243 g/mol. The van der Waals surface area contributed by atoms with E-state index in [0.29, 0.717) is 12.1 Å². The fourth-order valence-electron chi connectivity index (χ4n) is 1.77. The molecule has 2 aromatic carbocycles. The normalized spacial score (nSPS) is 10.2. The molecule has 0 heterocycles. The Morgan fingerprint density at radius 3 is 2.53 bits per heavy atom. The van der Waals surface area contributed by atoms with Crippen LogP contribution >= 0.6 is 0 Å². The molecule has 0 saturated carbocycles. The molecule has 0 unspecified atom stereocenters. The fourth-order valence-corrected chi connectivity index (χ4v) is 1.77. The summed E-state index contributed by atoms with van der Waals surface area (Å²) in [6, 6.07) is 11.6. The van der Waals surface area contributed by atoms with Gasteiger partial charge >= 0.3 is 0 Å². The largest absolute Gasteiger partial charge is 0.381 e. The highest BCUT2D eigenvalue weighted by atomic mass is 19.1. The number of hydrogen-bond donors (Lipinski definition) is 2. The third-order valence-electron chi connectivity index (χ3n) is 2.92. The summed E-state index contributed by atoms with van der Waals surface area (Å²) in [5.41, 5.74) is 8.39. The van der Waals surface area contributed by atoms with Gasteiger partial charge in [-0.05, 0) is 42.3 Å². The summed E-state index contributed by atoms with van der Waals surface area (Å²) in [5, 5.41) is 3.16. The molecule has 98 valence electrons. The number of rotatable bonds is 4. The quantitative estimate of drug-likeness (QED) is 0.886. The zero-order valence-electron chi connectivity index (χ0n) is 10.6. The van der Waals surface area contributed by atoms with Gasteiger partial charge in [-0.15, -0.1) is 0 Å². The van der Waals surface area contributed by atoms with Gasteiger partial charge in [-0.25, -0.2) is 4.39 Å². The zero-order chi connectivity index (χ0) is 13.8. The van der Waals surface area contributed by atoms with Crippen LogP contribution in [0.25, 0.3) is 0 Å². The lowest BCUT2D eigenvalue weighted by atomic mass is 10.1. The Kier molecular flexibility index (Phi) is 3.80. The number of benzene rings is 2. The number of primary amides is 1. The molecule has 0 aliphatic heterocycles. The third kappa shape index (κ3) is 3.31. The Morgan fingerprint density at radius 2 is 1.89 bits per heavy atom. The first-order valence-corrected chi connectivity index (χ1v) is 5.95. The van der Waals surface area contributed by atoms with Gasteiger partial charge in [-0.1, -0.05) is 18.2 Å². The zero-order valence-corrected chi connectivity index (χ0v) is 10.6. The monoisotopic (exact) mass is 258 g/mol. The minimum Gasteiger partial charge on any atom is -0.381 e. The molecule has 0 radical (unpaired) electrons. The Bertz CT molecular complexity index is 594. The second-order valence-corrected chi connectivity index (χ2v) is 4.37. The van der Waals surface area contributed by atoms with Crippen molar-refractivity contribution in [1.29, 1.82) is 0 Å². The number of nitrogens with two attached hydrogens (primary N) is 1. The van der Waals surface area contributed by atoms with Crippen LogP contribution in [0, 0.1) is 12.7 Å². The predicted molar refractivity (Wildman–Crippen MR) is 73.4 cm³/mol. The van der Waals surface area contributed by atoms with Gasteiger partial charge in [0.05, 0.1) is 0 Å². The van der Waals surface area contributed by atoms with Crippen molar-refractivity contribution in [3.63, 3.8) is 0 Å². The third-order valence-corrected chi connectivity index (χ3v) is 2.92. The maximum atomic E-state index is 13.1. The van der Waals surface area contributed by atoms with Crippen molar-refractivity contribution in [2.45, 2.75) is 13.5 Å². The van der Waals surface area contributed by atoms with Gasteiger partial charge in [0.2, 0.25) is 5.91 Å². The molecular formula is C15H15FN2O. The molecule has 3 N–H and O–H groups in total. The minimum absolute atomic E-state index is 0.267. The van der Waals surface area contributed by atoms with E-state index in [2.05, 4.69) is 5.32 Å². The van der Waals surface area contributed by atoms with Crippen LogP contribution in [-0.4, -0.2) is 5.91 Å². The van der Waals surface area contributed by atoms with E-state index in [0.717, 1.165) is 16.8 Å². The van der Waals surface area contributed by atoms with Crippen LogP contribution in [0.5, 0.6) is 0 Å². The molecule has 0 bridgehead atoms. The maximum Gasteiger partial charge on any atom is 0.248 e. The van der Waals surface area contributed by atoms with Crippen LogP contribution in [0.3, 0.4) is 0 Å². The summed E-state index contributed by atoms with van der Waals surface area (Å²) in [5.74, 6) is -0.710. The number of nitrogens with one attached hydrogen (secondary N) is 1. The molecule has 0 fully saturated rings. The van der Waals surface area contributed by atoms with Crippen LogP contribution in [0.1, 0.15) is 21.5 Å². The second kappa shape index (κ2) is 5.52. The van der Waals surface area contributed by atoms with Crippen LogP contribution in [0.4, 0.5) is 10.1 Å². The van der Waals surface area contributed by atoms with Gasteiger partial charge in [-0.2, -0.15) is 0 Å². The van der Waals surface area contributed by atoms with E-state index < -0.39 is 5.91 Å². The van der Waals surface area contributed by atoms with E-state index in [9.17, 15) is 9.18 Å². The molecule has 2 aromatic rings. The topological polar surface area (TPSA) is 55.1 Å². The first-order chi connectivity index (χ1) is 9.06. The van der Waals surface area contributed by atoms with Gasteiger partial charge in [0, 0.05) is 17.8 Å². The van der Waals surface area contributed by atoms with E-state index in [1.165, 1.54) is 12.1 Å². The molecule has 0 spiro atoms. The van der Waals surface area contributed by atoms with E-state index >= 15 is 0 Å². The lowest BCUT2D eigenvalue weighted by molar-refractivity contribution is 0.100. The lowest BCUT2D eigenvalue weighted by Gasteiger charge is -2.10. The van der Waals surface area contributed by atoms with Crippen molar-refractivity contribution in [3.8, 4) is 0 Å². The Labute approximate surface area is 111 Å². The van der Waals surface area contributed by atoms with Gasteiger partial charge in [0.15, 0.2) is 0 Å². The first kappa shape index (κ1) is 13.1. The standard InChI is InChI=1S/C15H15FN2O/c1-10-2-7-13(16)8-14(10)18-9-11-3-5-12(6-4-11)15(17)19/h2-8,18H,9H2,1H3,(H2,17,19). The molecule has 3 nitrogen and oxygen atoms in total. The van der Waals surface area contributed by atoms with Crippen molar-refractivity contribution in [3.05, 3.63) is 65.0 Å². The van der Waals surface area contributed by atoms with Crippen LogP contribution in [0.2, 0.25) is 0 Å². The van der Waals surface area contributed by atoms with Crippen LogP contribution in [0.15, 0.2) is 42.5 Å². The molecule has 1 amide bonds. The molecule has 0 aromatic heterocycles. The summed E-state index contributed by atoms with van der Waals surface area (Å²) in [7, 11) is 0. The van der Waals surface area contributed by atoms with Crippen molar-refractivity contribution in [2.75, 3.05) is 5.32 Å². The van der Waals surface area contributed by atoms with Crippen molar-refractivity contribution >= 4 is 11.6 Å². The molecule has 0 aliphatic carbocycles. The SMILES string of the molecule is Cc1ccc(F)cc1NCc1ccc(C(N)=O)cc1. The second-order valence-electron chi connectivity index (χ2n) is 4.37. The fraction of sp³-hybridized carbons (Fsp3) is 0.133. The first-order valence-electron chi connectivity index (χ1n) is 5.95. The van der Waals surface area contributed by atoms with Gasteiger partial charge in [0.25, 0.3) is 0 Å². The number of amides is 1. The molecule has 2 rings (SSSR count). The van der Waals surface area contributed by atoms with Gasteiger partial charge in [-0.3, -0.25) is 4.79 Å². The average Bonchev–Trinajstić information content (AvgIpc) is 2.40. The Balaban J connectivity index is 2.06. The van der Waals surface area contributed by atoms with E-state index in [-0.39, 0.29) is 5.82 Å². The van der Waals surface area contributed by atoms with Gasteiger partial charge in [0.1, 0.15) is 5.82 Å². The molecule has 19 heavy (non-hydrogen) atoms. The van der Waals surface area contributed by atoms with Crippen LogP contribution < -0.4 is 11.1 Å². The van der Waals surface area contributed by atoms with Crippen molar-refractivity contribution in [2.24, 2.45) is 5.73 Å². The van der Waals surface area contributed by atoms with Gasteiger partial charge < -0.3 is 11.1 Å². The number of carbonyl (C=O) groups excluding carboxylic acids is 1. The number of carbonyl (C=O) groups is 1. The smallest absolute Gasteiger partial charge is 0.248 e. The Morgan fingerprint density at radius 1 is 1.21 bits per heavy atom. The van der Waals surface area contributed by atoms with E-state index in [4.69, 9.17) is 5.73 Å². The highest BCUT2D eigenvalue weighted by Gasteiger charge is 2.02. The molecule has 0 aliphatic rings. The highest BCUT2D eigenvalue weighted by molar-refractivity contribution is 5.92. The van der Waals surface area contributed by atoms with E-state index in [1.54, 1.807) is 18.2 Å². The summed E-state index contributed by atoms with van der Waals surface area (Å²) in [4.78, 5) is 10.9. The number of halogens is 1. The molecule has 0 atom stereocenters. The van der Waals surface area contributed by atoms with Crippen LogP contribution in [-0.2, 0) is 6.54 Å². The number of anilines is 1. The average molecular weight is 258 g/mol. The summed E-state index contributed by atoms with van der Waals surface area (Å²) < 4.78 is 13.1. The Hall–Kier alpha value is -2.36. The predicted octanol–water partition coefficient (Wildman–Crippen LogP) is 2.85. The molecule has 0 saturated heterocycles. The molecule has 4 heteroatoms. The highest BCUT2D eigenvalue weighted by Crippen LogP contribution is 2.17.